The maximum Gasteiger partial charge on any atom is 0.277 e. The third kappa shape index (κ3) is 4.45. The van der Waals surface area contributed by atoms with Gasteiger partial charge >= 0.3 is 0 Å². The molecule has 0 amide bonds. The van der Waals surface area contributed by atoms with Crippen LogP contribution in [-0.4, -0.2) is 37.6 Å². The molecule has 0 radical (unpaired) electrons. The molecule has 3 unspecified atom stereocenters. The van der Waals surface area contributed by atoms with E-state index in [4.69, 9.17) is 63.2 Å². The van der Waals surface area contributed by atoms with E-state index in [2.05, 4.69) is 0 Å². The fraction of sp³-hybridized carbons (Fsp3) is 0.333. The highest BCUT2D eigenvalue weighted by Gasteiger charge is 2.59. The number of alkyl halides is 3. The molecule has 36 heavy (non-hydrogen) atoms. The first kappa shape index (κ1) is 24.6. The molecule has 3 heterocycles. The minimum Gasteiger partial charge on any atom is -0.331 e. The first-order valence-corrected chi connectivity index (χ1v) is 12.7. The Kier molecular flexibility index (Phi) is 6.53. The van der Waals surface area contributed by atoms with Crippen molar-refractivity contribution in [2.45, 2.75) is 40.2 Å². The Bertz CT molecular complexity index is 1190. The number of hydrogen-bond acceptors (Lipinski definition) is 6. The molecule has 3 aromatic rings. The largest absolute Gasteiger partial charge is 0.331 e. The summed E-state index contributed by atoms with van der Waals surface area (Å²) in [5.74, 6) is 0. The lowest BCUT2D eigenvalue weighted by molar-refractivity contribution is -0.250. The number of rotatable bonds is 4. The van der Waals surface area contributed by atoms with E-state index in [0.29, 0.717) is 16.7 Å². The van der Waals surface area contributed by atoms with Gasteiger partial charge in [0.05, 0.1) is 13.2 Å². The number of halogens is 3. The Morgan fingerprint density at radius 3 is 1.25 bits per heavy atom. The Morgan fingerprint density at radius 1 is 0.472 bits per heavy atom. The average Bonchev–Trinajstić information content (AvgIpc) is 3.45. The van der Waals surface area contributed by atoms with Gasteiger partial charge in [0, 0.05) is 16.7 Å². The van der Waals surface area contributed by atoms with Gasteiger partial charge in [-0.25, -0.2) is 0 Å². The van der Waals surface area contributed by atoms with Crippen molar-refractivity contribution < 1.29 is 28.4 Å². The second kappa shape index (κ2) is 9.55. The topological polar surface area (TPSA) is 55.4 Å². The molecule has 0 aromatic heterocycles. The van der Waals surface area contributed by atoms with Crippen LogP contribution in [0, 0.1) is 0 Å². The van der Waals surface area contributed by atoms with Crippen LogP contribution in [0.5, 0.6) is 0 Å². The van der Waals surface area contributed by atoms with Crippen LogP contribution in [0.25, 0.3) is 0 Å². The van der Waals surface area contributed by atoms with Crippen LogP contribution in [0.4, 0.5) is 0 Å². The SMILES string of the molecule is ClC1(c2ccccc2)OC[C@@H]2OC(Cl)(c3ccccc3)O[C@H]2[C@@H]([C@H]2COC(Cl)(c3ccccc3)O2)O1. The van der Waals surface area contributed by atoms with Crippen molar-refractivity contribution in [1.82, 2.24) is 0 Å². The second-order valence-corrected chi connectivity index (χ2v) is 10.3. The molecule has 0 spiro atoms. The van der Waals surface area contributed by atoms with Gasteiger partial charge in [0.25, 0.3) is 15.7 Å². The van der Waals surface area contributed by atoms with Gasteiger partial charge < -0.3 is 28.4 Å². The fourth-order valence-electron chi connectivity index (χ4n) is 4.67. The highest BCUT2D eigenvalue weighted by atomic mass is 35.5. The van der Waals surface area contributed by atoms with E-state index >= 15 is 0 Å². The molecule has 6 nitrogen and oxygen atoms in total. The molecule has 0 N–H and O–H groups in total. The Hall–Kier alpha value is -1.71. The van der Waals surface area contributed by atoms with Crippen LogP contribution in [-0.2, 0) is 44.2 Å². The molecule has 188 valence electrons. The zero-order valence-electron chi connectivity index (χ0n) is 19.0. The lowest BCUT2D eigenvalue weighted by Gasteiger charge is -2.34. The molecular weight excluding hydrogens is 527 g/mol. The zero-order chi connectivity index (χ0) is 24.8. The van der Waals surface area contributed by atoms with Crippen molar-refractivity contribution in [3.8, 4) is 0 Å². The van der Waals surface area contributed by atoms with Crippen LogP contribution >= 0.6 is 34.8 Å². The van der Waals surface area contributed by atoms with Gasteiger partial charge in [-0.2, -0.15) is 0 Å². The molecule has 7 atom stereocenters. The maximum absolute atomic E-state index is 6.95. The van der Waals surface area contributed by atoms with Gasteiger partial charge in [-0.1, -0.05) is 126 Å². The molecule has 6 rings (SSSR count). The average molecular weight is 550 g/mol. The van der Waals surface area contributed by atoms with Gasteiger partial charge in [0.1, 0.15) is 24.4 Å². The van der Waals surface area contributed by atoms with E-state index in [1.165, 1.54) is 0 Å². The van der Waals surface area contributed by atoms with Crippen molar-refractivity contribution in [1.29, 1.82) is 0 Å². The minimum absolute atomic E-state index is 0.0686. The molecule has 3 aliphatic heterocycles. The van der Waals surface area contributed by atoms with Crippen LogP contribution in [0.1, 0.15) is 16.7 Å². The Labute approximate surface area is 223 Å². The lowest BCUT2D eigenvalue weighted by atomic mass is 10.0. The predicted octanol–water partition coefficient (Wildman–Crippen LogP) is 5.75. The molecule has 0 saturated carbocycles. The van der Waals surface area contributed by atoms with Crippen molar-refractivity contribution in [3.05, 3.63) is 108 Å². The summed E-state index contributed by atoms with van der Waals surface area (Å²) < 4.78 is 37.3. The molecule has 3 aliphatic rings. The summed E-state index contributed by atoms with van der Waals surface area (Å²) in [6, 6.07) is 27.8. The first-order chi connectivity index (χ1) is 17.4. The summed E-state index contributed by atoms with van der Waals surface area (Å²) in [7, 11) is 0. The molecule has 3 fully saturated rings. The summed E-state index contributed by atoms with van der Waals surface area (Å²) in [5.41, 5.74) is 1.93. The maximum atomic E-state index is 6.95. The summed E-state index contributed by atoms with van der Waals surface area (Å²) in [6.45, 7) is 0.192. The Balaban J connectivity index is 1.34. The molecule has 0 aliphatic carbocycles. The van der Waals surface area contributed by atoms with Crippen molar-refractivity contribution in [2.75, 3.05) is 13.2 Å². The van der Waals surface area contributed by atoms with Crippen molar-refractivity contribution in [3.63, 3.8) is 0 Å². The summed E-state index contributed by atoms with van der Waals surface area (Å²) >= 11 is 20.6. The van der Waals surface area contributed by atoms with E-state index in [1.54, 1.807) is 0 Å². The highest BCUT2D eigenvalue weighted by Crippen LogP contribution is 2.49. The number of fused-ring (bicyclic) bond motifs is 1. The molecule has 3 aromatic carbocycles. The highest BCUT2D eigenvalue weighted by molar-refractivity contribution is 6.22. The van der Waals surface area contributed by atoms with E-state index in [0.717, 1.165) is 0 Å². The number of ether oxygens (including phenoxy) is 6. The van der Waals surface area contributed by atoms with Gasteiger partial charge in [-0.05, 0) is 0 Å². The summed E-state index contributed by atoms with van der Waals surface area (Å²) in [5, 5.41) is -4.63. The number of hydrogen-bond donors (Lipinski definition) is 0. The molecule has 3 saturated heterocycles. The van der Waals surface area contributed by atoms with E-state index in [1.807, 2.05) is 91.0 Å². The summed E-state index contributed by atoms with van der Waals surface area (Å²) in [6.07, 6.45) is -2.78. The van der Waals surface area contributed by atoms with Crippen molar-refractivity contribution >= 4 is 34.8 Å². The van der Waals surface area contributed by atoms with Crippen LogP contribution in [0.3, 0.4) is 0 Å². The summed E-state index contributed by atoms with van der Waals surface area (Å²) in [4.78, 5) is 0. The quantitative estimate of drug-likeness (QED) is 0.387. The standard InChI is InChI=1S/C27H23Cl3O6/c28-25(18-10-4-1-5-11-18)31-16-21(33-25)23-24-22(34-27(30,36-24)20-14-8-3-9-15-20)17-32-26(29,35-23)19-12-6-2-7-13-19/h1-15,21-24H,16-17H2/t21-,22+,23-,24-,25?,26?,27?/m1/s1. The van der Waals surface area contributed by atoms with E-state index in [-0.39, 0.29) is 13.2 Å². The van der Waals surface area contributed by atoms with E-state index in [9.17, 15) is 0 Å². The van der Waals surface area contributed by atoms with Gasteiger partial charge in [-0.3, -0.25) is 0 Å². The molecule has 0 bridgehead atoms. The third-order valence-electron chi connectivity index (χ3n) is 6.46. The molecule has 9 heteroatoms. The second-order valence-electron chi connectivity index (χ2n) is 8.81. The first-order valence-electron chi connectivity index (χ1n) is 11.6. The zero-order valence-corrected chi connectivity index (χ0v) is 21.2. The monoisotopic (exact) mass is 548 g/mol. The van der Waals surface area contributed by atoms with Crippen LogP contribution < -0.4 is 0 Å². The van der Waals surface area contributed by atoms with Gasteiger partial charge in [0.15, 0.2) is 0 Å². The smallest absolute Gasteiger partial charge is 0.277 e. The third-order valence-corrected chi connectivity index (χ3v) is 7.69. The lowest BCUT2D eigenvalue weighted by Crippen LogP contribution is -2.47. The Morgan fingerprint density at radius 2 is 0.806 bits per heavy atom. The van der Waals surface area contributed by atoms with Gasteiger partial charge in [0.2, 0.25) is 0 Å². The van der Waals surface area contributed by atoms with Crippen LogP contribution in [0.2, 0.25) is 0 Å². The number of benzene rings is 3. The normalized spacial score (nSPS) is 38.4. The minimum atomic E-state index is -1.61. The molecular formula is C27H23Cl3O6. The van der Waals surface area contributed by atoms with Crippen LogP contribution in [0.15, 0.2) is 91.0 Å². The predicted molar refractivity (Wildman–Crippen MR) is 133 cm³/mol. The van der Waals surface area contributed by atoms with E-state index < -0.39 is 40.2 Å². The van der Waals surface area contributed by atoms with Crippen molar-refractivity contribution in [2.24, 2.45) is 0 Å². The fourth-order valence-corrected chi connectivity index (χ4v) is 5.60. The van der Waals surface area contributed by atoms with Gasteiger partial charge in [-0.15, -0.1) is 0 Å².